The maximum Gasteiger partial charge on any atom is 0.416 e. The molecule has 7 nitrogen and oxygen atoms in total. The lowest BCUT2D eigenvalue weighted by atomic mass is 10.1. The zero-order valence-electron chi connectivity index (χ0n) is 16.1. The van der Waals surface area contributed by atoms with Gasteiger partial charge in [-0.3, -0.25) is 20.4 Å². The molecule has 0 unspecified atom stereocenters. The Morgan fingerprint density at radius 3 is 2.43 bits per heavy atom. The summed E-state index contributed by atoms with van der Waals surface area (Å²) in [5, 5.41) is 0. The summed E-state index contributed by atoms with van der Waals surface area (Å²) in [6, 6.07) is 9.12. The van der Waals surface area contributed by atoms with Crippen molar-refractivity contribution in [1.82, 2.24) is 10.9 Å². The van der Waals surface area contributed by atoms with Crippen LogP contribution < -0.4 is 25.1 Å². The summed E-state index contributed by atoms with van der Waals surface area (Å²) in [6.07, 6.45) is -1.88. The van der Waals surface area contributed by atoms with Crippen LogP contribution in [0.4, 0.5) is 13.2 Å². The minimum atomic E-state index is -4.52. The predicted octanol–water partition coefficient (Wildman–Crippen LogP) is 2.96. The zero-order valence-corrected chi connectivity index (χ0v) is 16.1. The smallest absolute Gasteiger partial charge is 0.416 e. The molecule has 2 rings (SSSR count). The van der Waals surface area contributed by atoms with Gasteiger partial charge in [0.05, 0.1) is 19.8 Å². The molecule has 160 valence electrons. The first-order valence-corrected chi connectivity index (χ1v) is 8.52. The Balaban J connectivity index is 1.84. The van der Waals surface area contributed by atoms with E-state index in [4.69, 9.17) is 14.2 Å². The number of amides is 2. The van der Waals surface area contributed by atoms with Crippen LogP contribution in [0.25, 0.3) is 6.08 Å². The number of carbonyl (C=O) groups excluding carboxylic acids is 2. The van der Waals surface area contributed by atoms with E-state index in [-0.39, 0.29) is 5.75 Å². The summed E-state index contributed by atoms with van der Waals surface area (Å²) in [5.41, 5.74) is 3.94. The van der Waals surface area contributed by atoms with E-state index in [2.05, 4.69) is 10.9 Å². The number of hydrazine groups is 1. The van der Waals surface area contributed by atoms with Crippen LogP contribution in [0.5, 0.6) is 17.2 Å². The lowest BCUT2D eigenvalue weighted by Crippen LogP contribution is -2.43. The van der Waals surface area contributed by atoms with Gasteiger partial charge in [0.1, 0.15) is 17.2 Å². The molecule has 2 aromatic rings. The van der Waals surface area contributed by atoms with Gasteiger partial charge in [-0.15, -0.1) is 0 Å². The molecule has 0 fully saturated rings. The van der Waals surface area contributed by atoms with Crippen LogP contribution in [-0.2, 0) is 15.8 Å². The minimum Gasteiger partial charge on any atom is -0.497 e. The third kappa shape index (κ3) is 6.73. The van der Waals surface area contributed by atoms with Crippen LogP contribution in [0.1, 0.15) is 11.1 Å². The van der Waals surface area contributed by atoms with Crippen molar-refractivity contribution in [1.29, 1.82) is 0 Å². The second kappa shape index (κ2) is 10.2. The first kappa shape index (κ1) is 22.6. The highest BCUT2D eigenvalue weighted by molar-refractivity contribution is 5.93. The lowest BCUT2D eigenvalue weighted by molar-refractivity contribution is -0.137. The molecule has 2 aromatic carbocycles. The molecule has 0 aliphatic rings. The normalized spacial score (nSPS) is 11.1. The number of nitrogens with one attached hydrogen (secondary N) is 2. The number of rotatable bonds is 7. The number of carbonyl (C=O) groups is 2. The Hall–Kier alpha value is -3.69. The van der Waals surface area contributed by atoms with Crippen LogP contribution in [0.2, 0.25) is 0 Å². The molecule has 0 spiro atoms. The second-order valence-corrected chi connectivity index (χ2v) is 5.79. The van der Waals surface area contributed by atoms with Crippen LogP contribution in [0.15, 0.2) is 48.5 Å². The van der Waals surface area contributed by atoms with Crippen molar-refractivity contribution in [3.05, 3.63) is 59.7 Å². The van der Waals surface area contributed by atoms with Gasteiger partial charge in [-0.1, -0.05) is 6.07 Å². The molecule has 0 bridgehead atoms. The lowest BCUT2D eigenvalue weighted by Gasteiger charge is -2.10. The monoisotopic (exact) mass is 424 g/mol. The Morgan fingerprint density at radius 2 is 1.77 bits per heavy atom. The summed E-state index contributed by atoms with van der Waals surface area (Å²) in [7, 11) is 2.98. The molecular weight excluding hydrogens is 405 g/mol. The maximum absolute atomic E-state index is 12.7. The molecular formula is C20H19F3N2O5. The third-order valence-corrected chi connectivity index (χ3v) is 3.71. The predicted molar refractivity (Wildman–Crippen MR) is 102 cm³/mol. The summed E-state index contributed by atoms with van der Waals surface area (Å²) in [5.74, 6) is -0.451. The number of methoxy groups -OCH3 is 2. The standard InChI is InChI=1S/C20H19F3N2O5/c1-28-15-8-6-13(17(11-15)29-2)7-9-18(26)24-25-19(27)12-30-16-5-3-4-14(10-16)20(21,22)23/h3-11H,12H2,1-2H3,(H,24,26)(H,25,27)/b9-7+. The summed E-state index contributed by atoms with van der Waals surface area (Å²) < 4.78 is 53.3. The highest BCUT2D eigenvalue weighted by atomic mass is 19.4. The van der Waals surface area contributed by atoms with E-state index in [0.717, 1.165) is 24.3 Å². The quantitative estimate of drug-likeness (QED) is 0.527. The fourth-order valence-electron chi connectivity index (χ4n) is 2.24. The highest BCUT2D eigenvalue weighted by Gasteiger charge is 2.30. The molecule has 2 N–H and O–H groups in total. The van der Waals surface area contributed by atoms with Crippen molar-refractivity contribution >= 4 is 17.9 Å². The maximum atomic E-state index is 12.7. The molecule has 2 amide bonds. The van der Waals surface area contributed by atoms with Crippen molar-refractivity contribution in [3.8, 4) is 17.2 Å². The minimum absolute atomic E-state index is 0.127. The third-order valence-electron chi connectivity index (χ3n) is 3.71. The van der Waals surface area contributed by atoms with Gasteiger partial charge < -0.3 is 14.2 Å². The van der Waals surface area contributed by atoms with Crippen molar-refractivity contribution in [2.75, 3.05) is 20.8 Å². The molecule has 30 heavy (non-hydrogen) atoms. The van der Waals surface area contributed by atoms with Crippen LogP contribution >= 0.6 is 0 Å². The van der Waals surface area contributed by atoms with Gasteiger partial charge in [0, 0.05) is 17.7 Å². The fraction of sp³-hybridized carbons (Fsp3) is 0.200. The van der Waals surface area contributed by atoms with E-state index in [9.17, 15) is 22.8 Å². The Morgan fingerprint density at radius 1 is 1.00 bits per heavy atom. The molecule has 0 heterocycles. The van der Waals surface area contributed by atoms with E-state index < -0.39 is 30.2 Å². The Bertz CT molecular complexity index is 929. The van der Waals surface area contributed by atoms with Crippen LogP contribution in [-0.4, -0.2) is 32.6 Å². The molecule has 0 aliphatic heterocycles. The Labute approximate surface area is 170 Å². The van der Waals surface area contributed by atoms with Crippen molar-refractivity contribution in [3.63, 3.8) is 0 Å². The summed E-state index contributed by atoms with van der Waals surface area (Å²) in [6.45, 7) is -0.586. The topological polar surface area (TPSA) is 85.9 Å². The molecule has 0 saturated heterocycles. The molecule has 10 heteroatoms. The van der Waals surface area contributed by atoms with Crippen molar-refractivity contribution in [2.24, 2.45) is 0 Å². The number of ether oxygens (including phenoxy) is 3. The van der Waals surface area contributed by atoms with E-state index >= 15 is 0 Å². The van der Waals surface area contributed by atoms with Gasteiger partial charge in [0.2, 0.25) is 0 Å². The van der Waals surface area contributed by atoms with Crippen LogP contribution in [0, 0.1) is 0 Å². The van der Waals surface area contributed by atoms with Crippen molar-refractivity contribution < 1.29 is 37.0 Å². The second-order valence-electron chi connectivity index (χ2n) is 5.79. The Kier molecular flexibility index (Phi) is 7.68. The molecule has 0 radical (unpaired) electrons. The van der Waals surface area contributed by atoms with Gasteiger partial charge in [0.15, 0.2) is 6.61 Å². The van der Waals surface area contributed by atoms with Gasteiger partial charge >= 0.3 is 6.18 Å². The van der Waals surface area contributed by atoms with Crippen molar-refractivity contribution in [2.45, 2.75) is 6.18 Å². The molecule has 0 aliphatic carbocycles. The van der Waals surface area contributed by atoms with Gasteiger partial charge in [-0.05, 0) is 36.4 Å². The first-order valence-electron chi connectivity index (χ1n) is 8.52. The van der Waals surface area contributed by atoms with E-state index in [1.54, 1.807) is 18.2 Å². The van der Waals surface area contributed by atoms with E-state index in [1.165, 1.54) is 26.4 Å². The van der Waals surface area contributed by atoms with Crippen LogP contribution in [0.3, 0.4) is 0 Å². The SMILES string of the molecule is COc1ccc(/C=C/C(=O)NNC(=O)COc2cccc(C(F)(F)F)c2)c(OC)c1. The van der Waals surface area contributed by atoms with Gasteiger partial charge in [-0.2, -0.15) is 13.2 Å². The average Bonchev–Trinajstić information content (AvgIpc) is 2.74. The number of benzene rings is 2. The molecule has 0 atom stereocenters. The summed E-state index contributed by atoms with van der Waals surface area (Å²) in [4.78, 5) is 23.5. The number of alkyl halides is 3. The van der Waals surface area contributed by atoms with Gasteiger partial charge in [0.25, 0.3) is 11.8 Å². The summed E-state index contributed by atoms with van der Waals surface area (Å²) >= 11 is 0. The molecule has 0 aromatic heterocycles. The largest absolute Gasteiger partial charge is 0.497 e. The van der Waals surface area contributed by atoms with E-state index in [1.807, 2.05) is 0 Å². The zero-order chi connectivity index (χ0) is 22.1. The number of halogens is 3. The fourth-order valence-corrected chi connectivity index (χ4v) is 2.24. The number of hydrogen-bond donors (Lipinski definition) is 2. The molecule has 0 saturated carbocycles. The highest BCUT2D eigenvalue weighted by Crippen LogP contribution is 2.31. The average molecular weight is 424 g/mol. The first-order chi connectivity index (χ1) is 14.2. The van der Waals surface area contributed by atoms with Gasteiger partial charge in [-0.25, -0.2) is 0 Å². The number of hydrogen-bond acceptors (Lipinski definition) is 5. The van der Waals surface area contributed by atoms with E-state index in [0.29, 0.717) is 17.1 Å².